The number of aromatic nitrogens is 4. The van der Waals surface area contributed by atoms with Gasteiger partial charge < -0.3 is 15.7 Å². The number of benzene rings is 1. The van der Waals surface area contributed by atoms with E-state index in [-0.39, 0.29) is 17.0 Å². The molecular weight excluding hydrogens is 350 g/mol. The van der Waals surface area contributed by atoms with E-state index < -0.39 is 0 Å². The van der Waals surface area contributed by atoms with Gasteiger partial charge in [-0.05, 0) is 24.4 Å². The van der Waals surface area contributed by atoms with E-state index in [1.807, 2.05) is 22.6 Å². The summed E-state index contributed by atoms with van der Waals surface area (Å²) in [7, 11) is 0. The fourth-order valence-corrected chi connectivity index (χ4v) is 2.74. The minimum atomic E-state index is 0. The van der Waals surface area contributed by atoms with Crippen LogP contribution in [0.25, 0.3) is 27.8 Å². The minimum Gasteiger partial charge on any atom is -0.382 e. The summed E-state index contributed by atoms with van der Waals surface area (Å²) in [6, 6.07) is 10.2. The molecule has 0 aliphatic heterocycles. The van der Waals surface area contributed by atoms with E-state index in [0.717, 1.165) is 27.8 Å². The monoisotopic (exact) mass is 361 g/mol. The molecule has 1 aromatic carbocycles. The van der Waals surface area contributed by atoms with Gasteiger partial charge in [-0.1, -0.05) is 18.2 Å². The number of rotatable bonds is 1. The van der Waals surface area contributed by atoms with Crippen LogP contribution in [0.5, 0.6) is 0 Å². The highest BCUT2D eigenvalue weighted by Crippen LogP contribution is 2.28. The summed E-state index contributed by atoms with van der Waals surface area (Å²) in [6.45, 7) is 0. The lowest BCUT2D eigenvalue weighted by Gasteiger charge is -1.99. The van der Waals surface area contributed by atoms with Gasteiger partial charge in [-0.15, -0.1) is 17.0 Å². The van der Waals surface area contributed by atoms with Crippen molar-refractivity contribution in [3.05, 3.63) is 47.5 Å². The number of hydrogen-bond acceptors (Lipinski definition) is 3. The number of hydrogen-bond donors (Lipinski definition) is 3. The Morgan fingerprint density at radius 3 is 2.81 bits per heavy atom. The van der Waals surface area contributed by atoms with Gasteiger partial charge in [-0.25, -0.2) is 4.98 Å². The first kappa shape index (κ1) is 13.8. The third-order valence-corrected chi connectivity index (χ3v) is 3.70. The van der Waals surface area contributed by atoms with Gasteiger partial charge in [-0.2, -0.15) is 0 Å². The molecule has 0 radical (unpaired) electrons. The topological polar surface area (TPSA) is 74.9 Å². The summed E-state index contributed by atoms with van der Waals surface area (Å²) in [5.41, 5.74) is 9.66. The van der Waals surface area contributed by atoms with Crippen molar-refractivity contribution >= 4 is 51.4 Å². The predicted octanol–water partition coefficient (Wildman–Crippen LogP) is 3.70. The Balaban J connectivity index is 0.00000132. The molecule has 0 amide bonds. The highest BCUT2D eigenvalue weighted by Gasteiger charge is 2.13. The van der Waals surface area contributed by atoms with Crippen molar-refractivity contribution in [3.63, 3.8) is 0 Å². The Labute approximate surface area is 135 Å². The van der Waals surface area contributed by atoms with Gasteiger partial charge in [0, 0.05) is 23.3 Å². The summed E-state index contributed by atoms with van der Waals surface area (Å²) in [5.74, 6) is 0.452. The first-order valence-corrected chi connectivity index (χ1v) is 6.58. The molecule has 21 heavy (non-hydrogen) atoms. The second-order valence-electron chi connectivity index (χ2n) is 4.61. The van der Waals surface area contributed by atoms with Crippen molar-refractivity contribution in [2.45, 2.75) is 0 Å². The van der Waals surface area contributed by atoms with Crippen LogP contribution >= 0.6 is 29.2 Å². The standard InChI is InChI=1S/C14H11N5S.BrH/c15-13-12-11(18-14(20)19(12)6-5-16-13)10-7-8-3-1-2-4-9(8)17-10;/h1-7,17H,(H2,15,16)(H,18,20);1H. The molecule has 4 rings (SSSR count). The van der Waals surface area contributed by atoms with Crippen LogP contribution in [-0.4, -0.2) is 19.4 Å². The number of halogens is 1. The van der Waals surface area contributed by atoms with Gasteiger partial charge in [0.1, 0.15) is 11.3 Å². The lowest BCUT2D eigenvalue weighted by atomic mass is 10.2. The molecule has 0 unspecified atom stereocenters. The number of nitrogen functional groups attached to an aromatic ring is 1. The molecule has 0 bridgehead atoms. The van der Waals surface area contributed by atoms with Crippen molar-refractivity contribution in [1.82, 2.24) is 19.4 Å². The first-order chi connectivity index (χ1) is 9.74. The molecule has 106 valence electrons. The van der Waals surface area contributed by atoms with Gasteiger partial charge in [0.05, 0.1) is 11.4 Å². The number of para-hydroxylation sites is 1. The Kier molecular flexibility index (Phi) is 3.30. The maximum absolute atomic E-state index is 5.99. The molecule has 0 spiro atoms. The SMILES string of the molecule is Br.Nc1nccn2c(=S)[nH]c(-c3cc4ccccc4[nH]3)c12. The van der Waals surface area contributed by atoms with E-state index in [2.05, 4.69) is 27.1 Å². The maximum atomic E-state index is 5.99. The Hall–Kier alpha value is -2.12. The molecule has 0 aliphatic carbocycles. The molecule has 0 fully saturated rings. The molecule has 0 aliphatic rings. The van der Waals surface area contributed by atoms with E-state index in [9.17, 15) is 0 Å². The Bertz CT molecular complexity index is 964. The molecular formula is C14H12BrN5S. The lowest BCUT2D eigenvalue weighted by Crippen LogP contribution is -1.95. The number of nitrogens with zero attached hydrogens (tertiary/aromatic N) is 2. The van der Waals surface area contributed by atoms with Gasteiger partial charge in [0.25, 0.3) is 0 Å². The van der Waals surface area contributed by atoms with E-state index in [1.165, 1.54) is 0 Å². The average Bonchev–Trinajstić information content (AvgIpc) is 3.01. The average molecular weight is 362 g/mol. The van der Waals surface area contributed by atoms with Crippen LogP contribution < -0.4 is 5.73 Å². The summed E-state index contributed by atoms with van der Waals surface area (Å²) in [5, 5.41) is 1.14. The summed E-state index contributed by atoms with van der Waals surface area (Å²) < 4.78 is 2.43. The number of H-pyrrole nitrogens is 2. The van der Waals surface area contributed by atoms with Crippen LogP contribution in [0, 0.1) is 4.77 Å². The van der Waals surface area contributed by atoms with Gasteiger partial charge in [0.15, 0.2) is 4.77 Å². The molecule has 4 aromatic rings. The summed E-state index contributed by atoms with van der Waals surface area (Å²) in [4.78, 5) is 10.7. The minimum absolute atomic E-state index is 0. The summed E-state index contributed by atoms with van der Waals surface area (Å²) >= 11 is 5.33. The third-order valence-electron chi connectivity index (χ3n) is 3.40. The number of nitrogens with one attached hydrogen (secondary N) is 2. The maximum Gasteiger partial charge on any atom is 0.182 e. The van der Waals surface area contributed by atoms with Gasteiger partial charge in [0.2, 0.25) is 0 Å². The highest BCUT2D eigenvalue weighted by atomic mass is 79.9. The van der Waals surface area contributed by atoms with Crippen molar-refractivity contribution < 1.29 is 0 Å². The van der Waals surface area contributed by atoms with Gasteiger partial charge >= 0.3 is 0 Å². The fraction of sp³-hybridized carbons (Fsp3) is 0. The molecule has 0 saturated carbocycles. The predicted molar refractivity (Wildman–Crippen MR) is 92.4 cm³/mol. The number of anilines is 1. The van der Waals surface area contributed by atoms with Crippen LogP contribution in [0.1, 0.15) is 0 Å². The molecule has 4 N–H and O–H groups in total. The largest absolute Gasteiger partial charge is 0.382 e. The van der Waals surface area contributed by atoms with Crippen molar-refractivity contribution in [3.8, 4) is 11.4 Å². The molecule has 0 saturated heterocycles. The second-order valence-corrected chi connectivity index (χ2v) is 4.99. The van der Waals surface area contributed by atoms with Crippen molar-refractivity contribution in [2.24, 2.45) is 0 Å². The normalized spacial score (nSPS) is 10.9. The summed E-state index contributed by atoms with van der Waals surface area (Å²) in [6.07, 6.45) is 3.44. The van der Waals surface area contributed by atoms with Crippen LogP contribution in [0.4, 0.5) is 5.82 Å². The van der Waals surface area contributed by atoms with E-state index in [0.29, 0.717) is 10.6 Å². The molecule has 3 heterocycles. The highest BCUT2D eigenvalue weighted by molar-refractivity contribution is 8.93. The quantitative estimate of drug-likeness (QED) is 0.452. The van der Waals surface area contributed by atoms with Gasteiger partial charge in [-0.3, -0.25) is 4.40 Å². The number of aromatic amines is 2. The van der Waals surface area contributed by atoms with E-state index in [4.69, 9.17) is 18.0 Å². The Morgan fingerprint density at radius 2 is 2.00 bits per heavy atom. The Morgan fingerprint density at radius 1 is 1.19 bits per heavy atom. The first-order valence-electron chi connectivity index (χ1n) is 6.17. The number of fused-ring (bicyclic) bond motifs is 2. The second kappa shape index (κ2) is 5.01. The zero-order valence-electron chi connectivity index (χ0n) is 10.8. The van der Waals surface area contributed by atoms with Crippen molar-refractivity contribution in [2.75, 3.05) is 5.73 Å². The van der Waals surface area contributed by atoms with E-state index >= 15 is 0 Å². The third kappa shape index (κ3) is 2.05. The molecule has 3 aromatic heterocycles. The smallest absolute Gasteiger partial charge is 0.182 e. The van der Waals surface area contributed by atoms with Crippen molar-refractivity contribution in [1.29, 1.82) is 0 Å². The lowest BCUT2D eigenvalue weighted by molar-refractivity contribution is 1.09. The number of nitrogens with two attached hydrogens (primary N) is 1. The van der Waals surface area contributed by atoms with Crippen LogP contribution in [-0.2, 0) is 0 Å². The van der Waals surface area contributed by atoms with E-state index in [1.54, 1.807) is 12.4 Å². The zero-order valence-corrected chi connectivity index (χ0v) is 13.4. The van der Waals surface area contributed by atoms with Crippen LogP contribution in [0.15, 0.2) is 42.7 Å². The molecule has 5 nitrogen and oxygen atoms in total. The molecule has 0 atom stereocenters. The number of imidazole rings is 1. The molecule has 7 heteroatoms. The fourth-order valence-electron chi connectivity index (χ4n) is 2.49. The zero-order chi connectivity index (χ0) is 13.7. The van der Waals surface area contributed by atoms with Crippen LogP contribution in [0.2, 0.25) is 0 Å². The van der Waals surface area contributed by atoms with Crippen LogP contribution in [0.3, 0.4) is 0 Å².